The van der Waals surface area contributed by atoms with Gasteiger partial charge in [0.05, 0.1) is 0 Å². The Morgan fingerprint density at radius 1 is 1.12 bits per heavy atom. The lowest BCUT2D eigenvalue weighted by Crippen LogP contribution is -2.04. The standard InChI is InChI=1S/C14H13NOS/c16-11-13-7-4-9-15(14(13)17)10-8-12-5-2-1-3-6-12/h1-7,9,11H,8,10H2. The van der Waals surface area contributed by atoms with Gasteiger partial charge in [-0.3, -0.25) is 4.79 Å². The molecular weight excluding hydrogens is 230 g/mol. The summed E-state index contributed by atoms with van der Waals surface area (Å²) in [5.74, 6) is 0. The molecule has 0 saturated carbocycles. The van der Waals surface area contributed by atoms with Gasteiger partial charge in [0, 0.05) is 18.3 Å². The zero-order chi connectivity index (χ0) is 12.1. The summed E-state index contributed by atoms with van der Waals surface area (Å²) >= 11 is 5.24. The van der Waals surface area contributed by atoms with Gasteiger partial charge in [0.25, 0.3) is 0 Å². The van der Waals surface area contributed by atoms with E-state index in [2.05, 4.69) is 12.1 Å². The van der Waals surface area contributed by atoms with Crippen LogP contribution in [0.2, 0.25) is 0 Å². The van der Waals surface area contributed by atoms with Crippen LogP contribution < -0.4 is 0 Å². The van der Waals surface area contributed by atoms with Gasteiger partial charge in [-0.15, -0.1) is 0 Å². The van der Waals surface area contributed by atoms with Crippen molar-refractivity contribution < 1.29 is 4.79 Å². The van der Waals surface area contributed by atoms with Crippen LogP contribution in [0.3, 0.4) is 0 Å². The van der Waals surface area contributed by atoms with Crippen LogP contribution >= 0.6 is 12.2 Å². The first-order chi connectivity index (χ1) is 8.31. The molecule has 0 aliphatic rings. The van der Waals surface area contributed by atoms with Gasteiger partial charge >= 0.3 is 0 Å². The number of pyridine rings is 1. The van der Waals surface area contributed by atoms with Crippen molar-refractivity contribution in [1.82, 2.24) is 4.57 Å². The zero-order valence-electron chi connectivity index (χ0n) is 9.37. The van der Waals surface area contributed by atoms with Crippen LogP contribution in [0.25, 0.3) is 0 Å². The highest BCUT2D eigenvalue weighted by molar-refractivity contribution is 7.71. The molecule has 1 aromatic carbocycles. The molecule has 1 heterocycles. The molecule has 0 bridgehead atoms. The van der Waals surface area contributed by atoms with Crippen molar-refractivity contribution in [2.45, 2.75) is 13.0 Å². The molecule has 0 fully saturated rings. The quantitative estimate of drug-likeness (QED) is 0.607. The van der Waals surface area contributed by atoms with Crippen molar-refractivity contribution in [3.05, 3.63) is 64.4 Å². The van der Waals surface area contributed by atoms with Gasteiger partial charge in [-0.25, -0.2) is 0 Å². The molecule has 0 unspecified atom stereocenters. The van der Waals surface area contributed by atoms with Crippen LogP contribution in [-0.4, -0.2) is 10.9 Å². The summed E-state index contributed by atoms with van der Waals surface area (Å²) in [6.45, 7) is 0.796. The summed E-state index contributed by atoms with van der Waals surface area (Å²) in [5, 5.41) is 0. The highest BCUT2D eigenvalue weighted by Crippen LogP contribution is 2.05. The van der Waals surface area contributed by atoms with E-state index in [9.17, 15) is 4.79 Å². The second-order valence-electron chi connectivity index (χ2n) is 3.82. The Bertz CT molecular complexity index is 560. The van der Waals surface area contributed by atoms with E-state index in [1.807, 2.05) is 35.0 Å². The number of aromatic nitrogens is 1. The van der Waals surface area contributed by atoms with Crippen LogP contribution in [0.5, 0.6) is 0 Å². The van der Waals surface area contributed by atoms with Crippen LogP contribution in [0, 0.1) is 4.64 Å². The first kappa shape index (κ1) is 11.7. The highest BCUT2D eigenvalue weighted by Gasteiger charge is 1.98. The fourth-order valence-electron chi connectivity index (χ4n) is 1.72. The minimum absolute atomic E-state index is 0.579. The van der Waals surface area contributed by atoms with Gasteiger partial charge in [0.1, 0.15) is 4.64 Å². The molecule has 0 aliphatic heterocycles. The second-order valence-corrected chi connectivity index (χ2v) is 4.20. The monoisotopic (exact) mass is 243 g/mol. The topological polar surface area (TPSA) is 22.0 Å². The Labute approximate surface area is 106 Å². The second kappa shape index (κ2) is 5.55. The van der Waals surface area contributed by atoms with Gasteiger partial charge in [0.2, 0.25) is 0 Å². The lowest BCUT2D eigenvalue weighted by molar-refractivity contribution is 0.112. The first-order valence-electron chi connectivity index (χ1n) is 5.50. The molecule has 0 spiro atoms. The predicted molar refractivity (Wildman–Crippen MR) is 70.8 cm³/mol. The Kier molecular flexibility index (Phi) is 3.83. The summed E-state index contributed by atoms with van der Waals surface area (Å²) in [7, 11) is 0. The number of hydrogen-bond donors (Lipinski definition) is 0. The third-order valence-electron chi connectivity index (χ3n) is 2.66. The molecule has 0 atom stereocenters. The van der Waals surface area contributed by atoms with E-state index in [1.54, 1.807) is 6.07 Å². The third kappa shape index (κ3) is 2.88. The van der Waals surface area contributed by atoms with E-state index in [0.717, 1.165) is 19.3 Å². The fraction of sp³-hybridized carbons (Fsp3) is 0.143. The van der Waals surface area contributed by atoms with Gasteiger partial charge in [0.15, 0.2) is 6.29 Å². The smallest absolute Gasteiger partial charge is 0.153 e. The summed E-state index contributed by atoms with van der Waals surface area (Å²) in [6, 6.07) is 13.8. The van der Waals surface area contributed by atoms with Gasteiger partial charge in [-0.05, 0) is 24.1 Å². The number of aldehydes is 1. The lowest BCUT2D eigenvalue weighted by atomic mass is 10.1. The Hall–Kier alpha value is -1.74. The van der Waals surface area contributed by atoms with E-state index < -0.39 is 0 Å². The summed E-state index contributed by atoms with van der Waals surface area (Å²) < 4.78 is 2.55. The largest absolute Gasteiger partial charge is 0.338 e. The fourth-order valence-corrected chi connectivity index (χ4v) is 1.98. The molecule has 1 aromatic heterocycles. The number of carbonyl (C=O) groups excluding carboxylic acids is 1. The van der Waals surface area contributed by atoms with E-state index in [1.165, 1.54) is 5.56 Å². The maximum atomic E-state index is 10.8. The number of carbonyl (C=O) groups is 1. The SMILES string of the molecule is O=Cc1cccn(CCc2ccccc2)c1=S. The van der Waals surface area contributed by atoms with Crippen molar-refractivity contribution in [3.63, 3.8) is 0 Å². The van der Waals surface area contributed by atoms with Crippen molar-refractivity contribution in [1.29, 1.82) is 0 Å². The molecule has 0 radical (unpaired) electrons. The summed E-state index contributed by atoms with van der Waals surface area (Å²) in [6.07, 6.45) is 3.64. The van der Waals surface area contributed by atoms with Crippen molar-refractivity contribution in [3.8, 4) is 0 Å². The average Bonchev–Trinajstić information content (AvgIpc) is 2.39. The van der Waals surface area contributed by atoms with E-state index in [0.29, 0.717) is 10.2 Å². The van der Waals surface area contributed by atoms with E-state index in [-0.39, 0.29) is 0 Å². The number of hydrogen-bond acceptors (Lipinski definition) is 2. The van der Waals surface area contributed by atoms with Gasteiger partial charge in [-0.1, -0.05) is 42.5 Å². The van der Waals surface area contributed by atoms with Crippen LogP contribution in [0.1, 0.15) is 15.9 Å². The number of benzene rings is 1. The van der Waals surface area contributed by atoms with Crippen molar-refractivity contribution in [2.24, 2.45) is 0 Å². The third-order valence-corrected chi connectivity index (χ3v) is 3.13. The lowest BCUT2D eigenvalue weighted by Gasteiger charge is -2.07. The molecule has 2 rings (SSSR count). The number of aryl methyl sites for hydroxylation is 2. The average molecular weight is 243 g/mol. The predicted octanol–water partition coefficient (Wildman–Crippen LogP) is 3.27. The number of nitrogens with zero attached hydrogens (tertiary/aromatic N) is 1. The molecule has 0 aliphatic carbocycles. The Morgan fingerprint density at radius 2 is 1.88 bits per heavy atom. The van der Waals surface area contributed by atoms with E-state index in [4.69, 9.17) is 12.2 Å². The maximum absolute atomic E-state index is 10.8. The summed E-state index contributed by atoms with van der Waals surface area (Å²) in [4.78, 5) is 10.8. The Balaban J connectivity index is 2.15. The molecule has 86 valence electrons. The molecule has 0 N–H and O–H groups in total. The molecular formula is C14H13NOS. The normalized spacial score (nSPS) is 10.1. The highest BCUT2D eigenvalue weighted by atomic mass is 32.1. The number of rotatable bonds is 4. The van der Waals surface area contributed by atoms with Gasteiger partial charge < -0.3 is 4.57 Å². The molecule has 0 saturated heterocycles. The van der Waals surface area contributed by atoms with Crippen LogP contribution in [0.15, 0.2) is 48.7 Å². The molecule has 0 amide bonds. The molecule has 3 heteroatoms. The summed E-state index contributed by atoms with van der Waals surface area (Å²) in [5.41, 5.74) is 1.85. The zero-order valence-corrected chi connectivity index (χ0v) is 10.2. The molecule has 17 heavy (non-hydrogen) atoms. The first-order valence-corrected chi connectivity index (χ1v) is 5.90. The molecule has 2 nitrogen and oxygen atoms in total. The van der Waals surface area contributed by atoms with Gasteiger partial charge in [-0.2, -0.15) is 0 Å². The van der Waals surface area contributed by atoms with Crippen molar-refractivity contribution >= 4 is 18.5 Å². The van der Waals surface area contributed by atoms with E-state index >= 15 is 0 Å². The minimum atomic E-state index is 0.579. The minimum Gasteiger partial charge on any atom is -0.338 e. The van der Waals surface area contributed by atoms with Crippen LogP contribution in [-0.2, 0) is 13.0 Å². The molecule has 2 aromatic rings. The Morgan fingerprint density at radius 3 is 2.59 bits per heavy atom. The maximum Gasteiger partial charge on any atom is 0.153 e. The van der Waals surface area contributed by atoms with Crippen molar-refractivity contribution in [2.75, 3.05) is 0 Å². The van der Waals surface area contributed by atoms with Crippen LogP contribution in [0.4, 0.5) is 0 Å².